The Labute approximate surface area is 125 Å². The highest BCUT2D eigenvalue weighted by Gasteiger charge is 2.11. The molecule has 3 aromatic rings. The van der Waals surface area contributed by atoms with Crippen molar-refractivity contribution in [3.63, 3.8) is 0 Å². The van der Waals surface area contributed by atoms with Crippen molar-refractivity contribution in [1.82, 2.24) is 14.5 Å². The molecule has 3 heterocycles. The first-order chi connectivity index (χ1) is 9.75. The number of imidazole rings is 1. The van der Waals surface area contributed by atoms with Crippen LogP contribution in [0.4, 0.5) is 0 Å². The number of thiophene rings is 1. The van der Waals surface area contributed by atoms with Crippen molar-refractivity contribution in [3.05, 3.63) is 59.5 Å². The van der Waals surface area contributed by atoms with E-state index in [1.165, 1.54) is 0 Å². The molecule has 20 heavy (non-hydrogen) atoms. The second-order valence-corrected chi connectivity index (χ2v) is 5.62. The van der Waals surface area contributed by atoms with Gasteiger partial charge < -0.3 is 10.3 Å². The fourth-order valence-corrected chi connectivity index (χ4v) is 2.96. The molecule has 2 N–H and O–H groups in total. The lowest BCUT2D eigenvalue weighted by Crippen LogP contribution is -2.16. The Hall–Kier alpha value is -2.05. The number of nitrogens with two attached hydrogens (primary N) is 1. The van der Waals surface area contributed by atoms with E-state index in [1.807, 2.05) is 29.8 Å². The fraction of sp³-hybridized carbons (Fsp3) is 0.0714. The van der Waals surface area contributed by atoms with Gasteiger partial charge in [-0.2, -0.15) is 0 Å². The van der Waals surface area contributed by atoms with Crippen LogP contribution in [-0.4, -0.2) is 19.5 Å². The number of hydrogen-bond acceptors (Lipinski definition) is 4. The summed E-state index contributed by atoms with van der Waals surface area (Å²) in [4.78, 5) is 10.1. The van der Waals surface area contributed by atoms with Gasteiger partial charge in [-0.25, -0.2) is 4.98 Å². The normalized spacial score (nSPS) is 10.6. The average molecular weight is 300 g/mol. The highest BCUT2D eigenvalue weighted by molar-refractivity contribution is 7.80. The van der Waals surface area contributed by atoms with E-state index in [1.54, 1.807) is 23.7 Å². The number of nitrogens with zero attached hydrogens (tertiary/aromatic N) is 3. The molecule has 4 nitrogen and oxygen atoms in total. The summed E-state index contributed by atoms with van der Waals surface area (Å²) in [5.41, 5.74) is 7.39. The van der Waals surface area contributed by atoms with E-state index in [-0.39, 0.29) is 0 Å². The molecule has 0 saturated heterocycles. The molecule has 0 aliphatic heterocycles. The molecular formula is C14H12N4S2. The van der Waals surface area contributed by atoms with Gasteiger partial charge in [-0.15, -0.1) is 11.3 Å². The van der Waals surface area contributed by atoms with Crippen LogP contribution in [0.5, 0.6) is 0 Å². The largest absolute Gasteiger partial charge is 0.388 e. The van der Waals surface area contributed by atoms with E-state index in [0.29, 0.717) is 17.2 Å². The van der Waals surface area contributed by atoms with Crippen LogP contribution >= 0.6 is 23.6 Å². The highest BCUT2D eigenvalue weighted by Crippen LogP contribution is 2.23. The van der Waals surface area contributed by atoms with Gasteiger partial charge in [-0.1, -0.05) is 24.4 Å². The smallest absolute Gasteiger partial charge is 0.150 e. The molecule has 0 radical (unpaired) electrons. The van der Waals surface area contributed by atoms with E-state index >= 15 is 0 Å². The Balaban J connectivity index is 1.97. The Morgan fingerprint density at radius 2 is 2.15 bits per heavy atom. The summed E-state index contributed by atoms with van der Waals surface area (Å²) in [6.07, 6.45) is 5.45. The second kappa shape index (κ2) is 5.52. The van der Waals surface area contributed by atoms with Gasteiger partial charge in [0.05, 0.1) is 11.4 Å². The summed E-state index contributed by atoms with van der Waals surface area (Å²) in [5, 5.41) is 2.04. The maximum atomic E-state index is 5.72. The molecule has 0 bridgehead atoms. The minimum absolute atomic E-state index is 0.318. The first-order valence-corrected chi connectivity index (χ1v) is 7.33. The Kier molecular flexibility index (Phi) is 3.58. The van der Waals surface area contributed by atoms with Crippen LogP contribution in [0.25, 0.3) is 10.7 Å². The van der Waals surface area contributed by atoms with Crippen molar-refractivity contribution in [3.8, 4) is 10.7 Å². The molecule has 0 aliphatic rings. The van der Waals surface area contributed by atoms with E-state index in [0.717, 1.165) is 16.3 Å². The van der Waals surface area contributed by atoms with E-state index in [2.05, 4.69) is 20.6 Å². The van der Waals surface area contributed by atoms with Crippen molar-refractivity contribution in [1.29, 1.82) is 0 Å². The first-order valence-electron chi connectivity index (χ1n) is 6.04. The third kappa shape index (κ3) is 2.48. The van der Waals surface area contributed by atoms with E-state index < -0.39 is 0 Å². The summed E-state index contributed by atoms with van der Waals surface area (Å²) in [6, 6.07) is 7.95. The Morgan fingerprint density at radius 3 is 2.90 bits per heavy atom. The van der Waals surface area contributed by atoms with Crippen molar-refractivity contribution in [2.75, 3.05) is 0 Å². The van der Waals surface area contributed by atoms with Crippen molar-refractivity contribution in [2.24, 2.45) is 5.73 Å². The second-order valence-electron chi connectivity index (χ2n) is 4.23. The quantitative estimate of drug-likeness (QED) is 0.753. The number of thiocarbonyl (C=S) groups is 1. The molecule has 0 spiro atoms. The topological polar surface area (TPSA) is 56.7 Å². The number of aromatic nitrogens is 3. The van der Waals surface area contributed by atoms with E-state index in [9.17, 15) is 0 Å². The van der Waals surface area contributed by atoms with Crippen LogP contribution in [0.1, 0.15) is 11.3 Å². The molecular weight excluding hydrogens is 288 g/mol. The van der Waals surface area contributed by atoms with Crippen molar-refractivity contribution < 1.29 is 0 Å². The van der Waals surface area contributed by atoms with Crippen LogP contribution in [0.15, 0.2) is 48.2 Å². The maximum absolute atomic E-state index is 5.72. The predicted molar refractivity (Wildman–Crippen MR) is 84.8 cm³/mol. The minimum atomic E-state index is 0.318. The zero-order valence-corrected chi connectivity index (χ0v) is 12.2. The van der Waals surface area contributed by atoms with E-state index in [4.69, 9.17) is 18.0 Å². The standard InChI is InChI=1S/C14H12N4S2/c15-13(19)12-10(3-1-5-16-12)9-18-7-6-17-14(18)11-4-2-8-20-11/h1-8H,9H2,(H2,15,19). The third-order valence-corrected chi connectivity index (χ3v) is 3.98. The molecule has 0 atom stereocenters. The van der Waals surface area contributed by atoms with Gasteiger partial charge in [0.25, 0.3) is 0 Å². The summed E-state index contributed by atoms with van der Waals surface area (Å²) in [7, 11) is 0. The van der Waals surface area contributed by atoms with Gasteiger partial charge in [-0.05, 0) is 17.5 Å². The first kappa shape index (κ1) is 13.0. The molecule has 3 aromatic heterocycles. The lowest BCUT2D eigenvalue weighted by Gasteiger charge is -2.10. The summed E-state index contributed by atoms with van der Waals surface area (Å²) in [5.74, 6) is 0.942. The number of pyridine rings is 1. The zero-order chi connectivity index (χ0) is 13.9. The van der Waals surface area contributed by atoms with Gasteiger partial charge >= 0.3 is 0 Å². The SMILES string of the molecule is NC(=S)c1ncccc1Cn1ccnc1-c1cccs1. The molecule has 0 fully saturated rings. The van der Waals surface area contributed by atoms with Gasteiger partial charge in [0.1, 0.15) is 16.5 Å². The van der Waals surface area contributed by atoms with Crippen molar-refractivity contribution >= 4 is 28.5 Å². The van der Waals surface area contributed by atoms with Gasteiger partial charge in [0.2, 0.25) is 0 Å². The zero-order valence-electron chi connectivity index (χ0n) is 10.6. The molecule has 3 rings (SSSR count). The van der Waals surface area contributed by atoms with Gasteiger partial charge in [0.15, 0.2) is 0 Å². The highest BCUT2D eigenvalue weighted by atomic mass is 32.1. The molecule has 0 saturated carbocycles. The van der Waals surface area contributed by atoms with Crippen LogP contribution in [-0.2, 0) is 6.54 Å². The molecule has 0 aliphatic carbocycles. The van der Waals surface area contributed by atoms with Gasteiger partial charge in [0, 0.05) is 24.2 Å². The summed E-state index contributed by atoms with van der Waals surface area (Å²) < 4.78 is 2.07. The fourth-order valence-electron chi connectivity index (χ4n) is 2.04. The number of hydrogen-bond donors (Lipinski definition) is 1. The lowest BCUT2D eigenvalue weighted by molar-refractivity contribution is 0.802. The maximum Gasteiger partial charge on any atom is 0.150 e. The van der Waals surface area contributed by atoms with Crippen LogP contribution in [0, 0.1) is 0 Å². The van der Waals surface area contributed by atoms with Crippen LogP contribution < -0.4 is 5.73 Å². The molecule has 0 unspecified atom stereocenters. The third-order valence-electron chi connectivity index (χ3n) is 2.92. The van der Waals surface area contributed by atoms with Crippen molar-refractivity contribution in [2.45, 2.75) is 6.54 Å². The molecule has 100 valence electrons. The summed E-state index contributed by atoms with van der Waals surface area (Å²) >= 11 is 6.72. The van der Waals surface area contributed by atoms with Crippen LogP contribution in [0.3, 0.4) is 0 Å². The Morgan fingerprint density at radius 1 is 1.25 bits per heavy atom. The number of rotatable bonds is 4. The molecule has 0 aromatic carbocycles. The lowest BCUT2D eigenvalue weighted by atomic mass is 10.2. The van der Waals surface area contributed by atoms with Crippen LogP contribution in [0.2, 0.25) is 0 Å². The predicted octanol–water partition coefficient (Wildman–Crippen LogP) is 2.69. The molecule has 0 amide bonds. The monoisotopic (exact) mass is 300 g/mol. The summed E-state index contributed by atoms with van der Waals surface area (Å²) in [6.45, 7) is 0.647. The average Bonchev–Trinajstić information content (AvgIpc) is 3.09. The molecule has 6 heteroatoms. The Bertz CT molecular complexity index is 731. The minimum Gasteiger partial charge on any atom is -0.388 e. The van der Waals surface area contributed by atoms with Gasteiger partial charge in [-0.3, -0.25) is 4.98 Å².